The quantitative estimate of drug-likeness (QED) is 0.742. The third kappa shape index (κ3) is 2.85. The fourth-order valence-corrected chi connectivity index (χ4v) is 3.15. The fourth-order valence-electron chi connectivity index (χ4n) is 1.75. The lowest BCUT2D eigenvalue weighted by atomic mass is 10.3. The van der Waals surface area contributed by atoms with Gasteiger partial charge in [-0.25, -0.2) is 21.6 Å². The Kier molecular flexibility index (Phi) is 3.92. The highest BCUT2D eigenvalue weighted by Gasteiger charge is 2.25. The molecule has 0 saturated heterocycles. The highest BCUT2D eigenvalue weighted by Crippen LogP contribution is 2.23. The van der Waals surface area contributed by atoms with Crippen LogP contribution in [0.15, 0.2) is 17.0 Å². The molecule has 6 nitrogen and oxygen atoms in total. The summed E-state index contributed by atoms with van der Waals surface area (Å²) < 4.78 is 65.2. The van der Waals surface area contributed by atoms with Crippen molar-refractivity contribution in [1.29, 1.82) is 0 Å². The molecule has 3 N–H and O–H groups in total. The van der Waals surface area contributed by atoms with Crippen LogP contribution in [0, 0.1) is 24.4 Å². The molecule has 21 heavy (non-hydrogen) atoms. The molecule has 10 heteroatoms. The minimum atomic E-state index is -4.25. The Hall–Kier alpha value is -2.07. The van der Waals surface area contributed by atoms with Gasteiger partial charge in [-0.2, -0.15) is 5.10 Å². The summed E-state index contributed by atoms with van der Waals surface area (Å²) in [5, 5.41) is 15.0. The molecule has 1 aromatic heterocycles. The van der Waals surface area contributed by atoms with Crippen molar-refractivity contribution in [3.8, 4) is 0 Å². The molecule has 0 aliphatic heterocycles. The number of rotatable bonds is 4. The van der Waals surface area contributed by atoms with Gasteiger partial charge in [0.1, 0.15) is 10.6 Å². The van der Waals surface area contributed by atoms with Gasteiger partial charge in [-0.1, -0.05) is 0 Å². The number of anilines is 1. The molecule has 1 heterocycles. The van der Waals surface area contributed by atoms with Crippen molar-refractivity contribution in [1.82, 2.24) is 10.2 Å². The number of hydrogen-bond acceptors (Lipinski definition) is 4. The summed E-state index contributed by atoms with van der Waals surface area (Å²) in [5.41, 5.74) is -0.506. The molecule has 0 unspecified atom stereocenters. The van der Waals surface area contributed by atoms with Crippen molar-refractivity contribution >= 4 is 15.7 Å². The second-order valence-electron chi connectivity index (χ2n) is 4.14. The van der Waals surface area contributed by atoms with E-state index in [1.54, 1.807) is 0 Å². The van der Waals surface area contributed by atoms with E-state index in [-0.39, 0.29) is 16.3 Å². The molecule has 114 valence electrons. The summed E-state index contributed by atoms with van der Waals surface area (Å²) in [4.78, 5) is -0.338. The van der Waals surface area contributed by atoms with Crippen LogP contribution in [0.1, 0.15) is 11.4 Å². The first-order chi connectivity index (χ1) is 9.76. The Bertz CT molecular complexity index is 766. The zero-order chi connectivity index (χ0) is 15.8. The summed E-state index contributed by atoms with van der Waals surface area (Å²) in [6, 6.07) is 1.01. The van der Waals surface area contributed by atoms with Gasteiger partial charge >= 0.3 is 0 Å². The minimum absolute atomic E-state index is 0.134. The maximum atomic E-state index is 13.1. The first-order valence-corrected chi connectivity index (χ1v) is 7.06. The van der Waals surface area contributed by atoms with Crippen molar-refractivity contribution < 1.29 is 26.7 Å². The highest BCUT2D eigenvalue weighted by atomic mass is 32.2. The van der Waals surface area contributed by atoms with Crippen molar-refractivity contribution in [3.05, 3.63) is 41.0 Å². The first kappa shape index (κ1) is 15.3. The lowest BCUT2D eigenvalue weighted by Gasteiger charge is -2.09. The third-order valence-corrected chi connectivity index (χ3v) is 4.20. The van der Waals surface area contributed by atoms with E-state index in [1.165, 1.54) is 6.92 Å². The number of nitrogens with one attached hydrogen (secondary N) is 2. The first-order valence-electron chi connectivity index (χ1n) is 5.58. The average molecular weight is 321 g/mol. The molecule has 0 aliphatic carbocycles. The van der Waals surface area contributed by atoms with Crippen LogP contribution in [0.4, 0.5) is 18.9 Å². The summed E-state index contributed by atoms with van der Waals surface area (Å²) in [5.74, 6) is -4.76. The number of hydrogen-bond donors (Lipinski definition) is 3. The third-order valence-electron chi connectivity index (χ3n) is 2.62. The van der Waals surface area contributed by atoms with Crippen LogP contribution in [0.25, 0.3) is 0 Å². The minimum Gasteiger partial charge on any atom is -0.390 e. The normalized spacial score (nSPS) is 11.7. The topological polar surface area (TPSA) is 95.1 Å². The van der Waals surface area contributed by atoms with Crippen molar-refractivity contribution in [3.63, 3.8) is 0 Å². The van der Waals surface area contributed by atoms with Gasteiger partial charge in [0.15, 0.2) is 17.5 Å². The van der Waals surface area contributed by atoms with E-state index in [1.807, 2.05) is 4.72 Å². The molecular formula is C11H10F3N3O3S. The predicted octanol–water partition coefficient (Wildman–Crippen LogP) is 1.43. The lowest BCUT2D eigenvalue weighted by molar-refractivity contribution is 0.273. The smallest absolute Gasteiger partial charge is 0.265 e. The number of nitrogens with zero attached hydrogens (tertiary/aromatic N) is 1. The van der Waals surface area contributed by atoms with E-state index in [2.05, 4.69) is 10.2 Å². The molecule has 2 aromatic rings. The van der Waals surface area contributed by atoms with E-state index in [0.717, 1.165) is 0 Å². The average Bonchev–Trinajstić information content (AvgIpc) is 2.77. The van der Waals surface area contributed by atoms with Crippen LogP contribution < -0.4 is 4.72 Å². The standard InChI is InChI=1S/C11H10F3N3O3S/c1-5-11(9(4-18)16-15-5)21(19,20)17-6-2-7(12)10(14)8(13)3-6/h2-3,17-18H,4H2,1H3,(H,15,16). The van der Waals surface area contributed by atoms with E-state index in [0.29, 0.717) is 12.1 Å². The summed E-state index contributed by atoms with van der Waals surface area (Å²) in [6.07, 6.45) is 0. The van der Waals surface area contributed by atoms with Crippen LogP contribution in [0.3, 0.4) is 0 Å². The summed E-state index contributed by atoms with van der Waals surface area (Å²) in [6.45, 7) is 0.749. The maximum absolute atomic E-state index is 13.1. The number of aliphatic hydroxyl groups is 1. The molecule has 0 radical (unpaired) electrons. The van der Waals surface area contributed by atoms with Gasteiger partial charge in [0.25, 0.3) is 10.0 Å². The number of aryl methyl sites for hydroxylation is 1. The number of aromatic nitrogens is 2. The Labute approximate surface area is 117 Å². The molecule has 0 bridgehead atoms. The van der Waals surface area contributed by atoms with Crippen molar-refractivity contribution in [2.45, 2.75) is 18.4 Å². The number of halogens is 3. The summed E-state index contributed by atoms with van der Waals surface area (Å²) >= 11 is 0. The molecule has 0 atom stereocenters. The highest BCUT2D eigenvalue weighted by molar-refractivity contribution is 7.92. The van der Waals surface area contributed by atoms with Crippen LogP contribution in [0.5, 0.6) is 0 Å². The second kappa shape index (κ2) is 5.37. The Morgan fingerprint density at radius 2 is 1.86 bits per heavy atom. The number of aliphatic hydroxyl groups excluding tert-OH is 1. The molecule has 0 spiro atoms. The Morgan fingerprint density at radius 1 is 1.29 bits per heavy atom. The number of benzene rings is 1. The Morgan fingerprint density at radius 3 is 2.38 bits per heavy atom. The van der Waals surface area contributed by atoms with Crippen LogP contribution in [0.2, 0.25) is 0 Å². The molecule has 0 amide bonds. The van der Waals surface area contributed by atoms with E-state index in [4.69, 9.17) is 5.11 Å². The predicted molar refractivity (Wildman–Crippen MR) is 66.4 cm³/mol. The maximum Gasteiger partial charge on any atom is 0.265 e. The van der Waals surface area contributed by atoms with Gasteiger partial charge in [0.2, 0.25) is 0 Å². The number of aromatic amines is 1. The fraction of sp³-hybridized carbons (Fsp3) is 0.182. The van der Waals surface area contributed by atoms with Gasteiger partial charge in [0.05, 0.1) is 18.0 Å². The second-order valence-corrected chi connectivity index (χ2v) is 5.76. The largest absolute Gasteiger partial charge is 0.390 e. The molecular weight excluding hydrogens is 311 g/mol. The van der Waals surface area contributed by atoms with Gasteiger partial charge in [-0.3, -0.25) is 9.82 Å². The van der Waals surface area contributed by atoms with Crippen LogP contribution in [-0.2, 0) is 16.6 Å². The lowest BCUT2D eigenvalue weighted by Crippen LogP contribution is -2.16. The van der Waals surface area contributed by atoms with Crippen molar-refractivity contribution in [2.75, 3.05) is 4.72 Å². The summed E-state index contributed by atoms with van der Waals surface area (Å²) in [7, 11) is -4.25. The van der Waals surface area contributed by atoms with Gasteiger partial charge in [0, 0.05) is 12.1 Å². The zero-order valence-electron chi connectivity index (χ0n) is 10.6. The van der Waals surface area contributed by atoms with Gasteiger partial charge in [-0.15, -0.1) is 0 Å². The Balaban J connectivity index is 2.45. The molecule has 0 fully saturated rings. The van der Waals surface area contributed by atoms with E-state index >= 15 is 0 Å². The molecule has 1 aromatic carbocycles. The van der Waals surface area contributed by atoms with Gasteiger partial charge < -0.3 is 5.11 Å². The SMILES string of the molecule is Cc1[nH]nc(CO)c1S(=O)(=O)Nc1cc(F)c(F)c(F)c1. The number of sulfonamides is 1. The number of H-pyrrole nitrogens is 1. The molecule has 0 aliphatic rings. The monoisotopic (exact) mass is 321 g/mol. The van der Waals surface area contributed by atoms with Crippen molar-refractivity contribution in [2.24, 2.45) is 0 Å². The zero-order valence-corrected chi connectivity index (χ0v) is 11.4. The van der Waals surface area contributed by atoms with E-state index in [9.17, 15) is 21.6 Å². The van der Waals surface area contributed by atoms with Crippen LogP contribution >= 0.6 is 0 Å². The van der Waals surface area contributed by atoms with Crippen LogP contribution in [-0.4, -0.2) is 23.7 Å². The van der Waals surface area contributed by atoms with Gasteiger partial charge in [-0.05, 0) is 6.92 Å². The molecule has 2 rings (SSSR count). The molecule has 0 saturated carbocycles. The van der Waals surface area contributed by atoms with E-state index < -0.39 is 39.8 Å².